The largest absolute Gasteiger partial charge is 0.309 e. The summed E-state index contributed by atoms with van der Waals surface area (Å²) in [6.07, 6.45) is 0. The van der Waals surface area contributed by atoms with Crippen LogP contribution in [0.25, 0.3) is 120 Å². The number of rotatable bonds is 10. The maximum absolute atomic E-state index is 3.01. The lowest BCUT2D eigenvalue weighted by atomic mass is 9.91. The lowest BCUT2D eigenvalue weighted by molar-refractivity contribution is 1.17. The Hall–Kier alpha value is -10.1. The van der Waals surface area contributed by atoms with E-state index in [1.54, 1.807) is 0 Å². The summed E-state index contributed by atoms with van der Waals surface area (Å²) in [6.45, 7) is 0. The van der Waals surface area contributed by atoms with Gasteiger partial charge in [0.1, 0.15) is 0 Å². The zero-order valence-electron chi connectivity index (χ0n) is 44.8. The maximum atomic E-state index is 2.57. The van der Waals surface area contributed by atoms with Crippen LogP contribution in [0.4, 0.5) is 0 Å². The molecule has 0 amide bonds. The van der Waals surface area contributed by atoms with Crippen molar-refractivity contribution in [1.29, 1.82) is 0 Å². The Kier molecular flexibility index (Phi) is 11.4. The minimum absolute atomic E-state index is 1.11. The second-order valence-corrected chi connectivity index (χ2v) is 26.3. The van der Waals surface area contributed by atoms with Crippen molar-refractivity contribution in [2.24, 2.45) is 0 Å². The van der Waals surface area contributed by atoms with E-state index in [2.05, 4.69) is 325 Å². The molecule has 384 valence electrons. The van der Waals surface area contributed by atoms with Gasteiger partial charge in [0.05, 0.1) is 27.8 Å². The van der Waals surface area contributed by atoms with E-state index in [-0.39, 0.29) is 0 Å². The second-order valence-electron chi connectivity index (χ2n) is 21.4. The molecular weight excluding hydrogens is 1030 g/mol. The summed E-state index contributed by atoms with van der Waals surface area (Å²) in [4.78, 5) is 0. The molecule has 0 aliphatic carbocycles. The Bertz CT molecular complexity index is 4920. The molecule has 82 heavy (non-hydrogen) atoms. The van der Waals surface area contributed by atoms with Gasteiger partial charge in [0, 0.05) is 64.1 Å². The van der Waals surface area contributed by atoms with Crippen LogP contribution in [0.5, 0.6) is 0 Å². The number of benzene rings is 13. The Morgan fingerprint density at radius 1 is 0.256 bits per heavy atom. The first-order valence-electron chi connectivity index (χ1n) is 28.2. The molecule has 3 aromatic heterocycles. The third kappa shape index (κ3) is 7.46. The van der Waals surface area contributed by atoms with E-state index in [0.29, 0.717) is 0 Å². The number of hydrogen-bond donors (Lipinski definition) is 0. The van der Waals surface area contributed by atoms with Crippen LogP contribution >= 0.6 is 11.3 Å². The number of hydrogen-bond acceptors (Lipinski definition) is 1. The van der Waals surface area contributed by atoms with Crippen molar-refractivity contribution < 1.29 is 0 Å². The van der Waals surface area contributed by atoms with Crippen LogP contribution in [0.15, 0.2) is 315 Å². The molecule has 0 saturated carbocycles. The monoisotopic (exact) mass is 1080 g/mol. The molecule has 0 spiro atoms. The number of fused-ring (bicyclic) bond motifs is 9. The van der Waals surface area contributed by atoms with Gasteiger partial charge < -0.3 is 9.13 Å². The van der Waals surface area contributed by atoms with Crippen molar-refractivity contribution in [1.82, 2.24) is 9.13 Å². The fraction of sp³-hybridized carbons (Fsp3) is 0. The average Bonchev–Trinajstić information content (AvgIpc) is 2.39. The van der Waals surface area contributed by atoms with E-state index in [1.165, 1.54) is 107 Å². The molecule has 16 rings (SSSR count). The van der Waals surface area contributed by atoms with Gasteiger partial charge in [-0.3, -0.25) is 0 Å². The summed E-state index contributed by atoms with van der Waals surface area (Å²) in [5, 5.41) is 12.8. The van der Waals surface area contributed by atoms with Crippen molar-refractivity contribution in [2.75, 3.05) is 0 Å². The van der Waals surface area contributed by atoms with Crippen molar-refractivity contribution in [2.45, 2.75) is 0 Å². The smallest absolute Gasteiger partial charge is 0.179 e. The molecule has 0 aliphatic rings. The second kappa shape index (κ2) is 19.6. The third-order valence-corrected chi connectivity index (χ3v) is 23.0. The normalized spacial score (nSPS) is 11.9. The Labute approximate surface area is 481 Å². The number of para-hydroxylation sites is 3. The highest BCUT2D eigenvalue weighted by molar-refractivity contribution is 7.26. The molecule has 0 N–H and O–H groups in total. The van der Waals surface area contributed by atoms with Crippen LogP contribution in [-0.2, 0) is 0 Å². The molecule has 0 unspecified atom stereocenters. The van der Waals surface area contributed by atoms with E-state index < -0.39 is 8.07 Å². The fourth-order valence-corrected chi connectivity index (χ4v) is 19.6. The zero-order valence-corrected chi connectivity index (χ0v) is 46.6. The molecule has 0 radical (unpaired) electrons. The summed E-state index contributed by atoms with van der Waals surface area (Å²) < 4.78 is 7.72. The molecule has 3 heterocycles. The van der Waals surface area contributed by atoms with Gasteiger partial charge in [-0.2, -0.15) is 0 Å². The molecule has 4 heteroatoms. The Morgan fingerprint density at radius 2 is 0.683 bits per heavy atom. The average molecular weight is 1080 g/mol. The van der Waals surface area contributed by atoms with Crippen LogP contribution < -0.4 is 20.7 Å². The van der Waals surface area contributed by atoms with Crippen LogP contribution in [-0.4, -0.2) is 17.2 Å². The summed E-state index contributed by atoms with van der Waals surface area (Å²) in [7, 11) is -3.01. The summed E-state index contributed by atoms with van der Waals surface area (Å²) in [5.74, 6) is 0. The van der Waals surface area contributed by atoms with Gasteiger partial charge in [-0.1, -0.05) is 273 Å². The predicted octanol–water partition coefficient (Wildman–Crippen LogP) is 18.3. The standard InChI is InChI=1S/C78H52N2SSi/c1-6-26-53(27-7-1)68-51-59(82(56-30-10-3-11-31-56,57-32-12-4-13-33-57)58-34-14-5-15-35-58)52-69(54-28-8-2-9-29-54)78(68)80-72-45-22-19-39-63(72)70-50-55(48-49-73(70)80)79-71-44-21-18-38-62(71)66-43-24-42-65(77(66)79)61-37-17-16-36-60(61)64-41-25-47-75-76(64)67-40-20-23-46-74(67)81-75/h1-52H. The summed E-state index contributed by atoms with van der Waals surface area (Å²) in [5.41, 5.74) is 16.5. The minimum Gasteiger partial charge on any atom is -0.309 e. The highest BCUT2D eigenvalue weighted by Gasteiger charge is 2.42. The highest BCUT2D eigenvalue weighted by Crippen LogP contribution is 2.47. The number of aromatic nitrogens is 2. The molecule has 16 aromatic rings. The van der Waals surface area contributed by atoms with E-state index in [4.69, 9.17) is 0 Å². The van der Waals surface area contributed by atoms with Crippen LogP contribution in [0, 0.1) is 0 Å². The SMILES string of the molecule is c1ccc(-c2cc([Si](c3ccccc3)(c3ccccc3)c3ccccc3)cc(-c3ccccc3)c2-n2c3ccccc3c3cc(-n4c5ccccc5c5cccc(-c6ccccc6-c6cccc7sc8ccccc8c67)c54)ccc32)cc1. The maximum Gasteiger partial charge on any atom is 0.179 e. The van der Waals surface area contributed by atoms with Gasteiger partial charge in [0.25, 0.3) is 0 Å². The van der Waals surface area contributed by atoms with E-state index in [0.717, 1.165) is 33.5 Å². The van der Waals surface area contributed by atoms with Crippen molar-refractivity contribution >= 4 is 104 Å². The third-order valence-electron chi connectivity index (χ3n) is 17.1. The van der Waals surface area contributed by atoms with Gasteiger partial charge in [0.15, 0.2) is 8.07 Å². The van der Waals surface area contributed by atoms with Gasteiger partial charge in [-0.05, 0) is 91.0 Å². The lowest BCUT2D eigenvalue weighted by Gasteiger charge is -2.36. The van der Waals surface area contributed by atoms with Crippen LogP contribution in [0.3, 0.4) is 0 Å². The predicted molar refractivity (Wildman–Crippen MR) is 353 cm³/mol. The molecule has 0 bridgehead atoms. The van der Waals surface area contributed by atoms with Gasteiger partial charge >= 0.3 is 0 Å². The highest BCUT2D eigenvalue weighted by atomic mass is 32.1. The Morgan fingerprint density at radius 3 is 1.29 bits per heavy atom. The van der Waals surface area contributed by atoms with Crippen LogP contribution in [0.2, 0.25) is 0 Å². The molecule has 13 aromatic carbocycles. The first kappa shape index (κ1) is 47.9. The molecule has 0 saturated heterocycles. The zero-order chi connectivity index (χ0) is 54.1. The first-order valence-corrected chi connectivity index (χ1v) is 31.1. The van der Waals surface area contributed by atoms with E-state index >= 15 is 0 Å². The first-order chi connectivity index (χ1) is 40.7. The van der Waals surface area contributed by atoms with Crippen LogP contribution in [0.1, 0.15) is 0 Å². The molecular formula is C78H52N2SSi. The molecule has 0 atom stereocenters. The van der Waals surface area contributed by atoms with Crippen molar-refractivity contribution in [3.05, 3.63) is 315 Å². The molecule has 0 fully saturated rings. The Balaban J connectivity index is 0.976. The quantitative estimate of drug-likeness (QED) is 0.0954. The molecule has 0 aliphatic heterocycles. The van der Waals surface area contributed by atoms with E-state index in [9.17, 15) is 0 Å². The molecule has 2 nitrogen and oxygen atoms in total. The topological polar surface area (TPSA) is 9.86 Å². The number of thiophene rings is 1. The summed E-state index contributed by atoms with van der Waals surface area (Å²) >= 11 is 1.87. The summed E-state index contributed by atoms with van der Waals surface area (Å²) in [6, 6.07) is 118. The number of nitrogens with zero attached hydrogens (tertiary/aromatic N) is 2. The van der Waals surface area contributed by atoms with E-state index in [1.807, 2.05) is 11.3 Å². The van der Waals surface area contributed by atoms with Crippen molar-refractivity contribution in [3.8, 4) is 55.9 Å². The van der Waals surface area contributed by atoms with Gasteiger partial charge in [-0.25, -0.2) is 0 Å². The lowest BCUT2D eigenvalue weighted by Crippen LogP contribution is -2.74. The van der Waals surface area contributed by atoms with Gasteiger partial charge in [-0.15, -0.1) is 11.3 Å². The van der Waals surface area contributed by atoms with Gasteiger partial charge in [0.2, 0.25) is 0 Å². The minimum atomic E-state index is -3.01. The fourth-order valence-electron chi connectivity index (χ4n) is 13.6. The van der Waals surface area contributed by atoms with Crippen molar-refractivity contribution in [3.63, 3.8) is 0 Å².